The third-order valence-electron chi connectivity index (χ3n) is 4.84. The van der Waals surface area contributed by atoms with Crippen LogP contribution in [0.4, 0.5) is 11.4 Å². The van der Waals surface area contributed by atoms with Crippen LogP contribution in [0.15, 0.2) is 48.5 Å². The Morgan fingerprint density at radius 1 is 1.00 bits per heavy atom. The average Bonchev–Trinajstić information content (AvgIpc) is 2.79. The van der Waals surface area contributed by atoms with Gasteiger partial charge in [-0.3, -0.25) is 9.59 Å². The normalized spacial score (nSPS) is 23.0. The Kier molecular flexibility index (Phi) is 3.01. The van der Waals surface area contributed by atoms with Gasteiger partial charge in [0.2, 0.25) is 11.8 Å². The molecule has 23 heavy (non-hydrogen) atoms. The van der Waals surface area contributed by atoms with Crippen LogP contribution in [-0.4, -0.2) is 25.4 Å². The topological polar surface area (TPSA) is 40.6 Å². The van der Waals surface area contributed by atoms with Crippen LogP contribution in [0.5, 0.6) is 0 Å². The van der Waals surface area contributed by atoms with E-state index in [9.17, 15) is 9.59 Å². The van der Waals surface area contributed by atoms with E-state index in [4.69, 9.17) is 0 Å². The number of hydrogen-bond acceptors (Lipinski definition) is 3. The Morgan fingerprint density at radius 2 is 1.74 bits per heavy atom. The fourth-order valence-corrected chi connectivity index (χ4v) is 3.76. The summed E-state index contributed by atoms with van der Waals surface area (Å²) in [6.07, 6.45) is 0. The molecule has 4 heteroatoms. The van der Waals surface area contributed by atoms with Crippen LogP contribution in [0.2, 0.25) is 0 Å². The largest absolute Gasteiger partial charge is 0.374 e. The van der Waals surface area contributed by atoms with Crippen LogP contribution in [0.25, 0.3) is 0 Å². The number of amides is 2. The summed E-state index contributed by atoms with van der Waals surface area (Å²) in [6.45, 7) is 2.59. The lowest BCUT2D eigenvalue weighted by Crippen LogP contribution is -2.37. The van der Waals surface area contributed by atoms with E-state index in [0.717, 1.165) is 16.8 Å². The molecule has 0 N–H and O–H groups in total. The first-order valence-electron chi connectivity index (χ1n) is 7.82. The van der Waals surface area contributed by atoms with Crippen molar-refractivity contribution < 1.29 is 9.59 Å². The van der Waals surface area contributed by atoms with Crippen molar-refractivity contribution >= 4 is 23.2 Å². The van der Waals surface area contributed by atoms with Gasteiger partial charge in [0.15, 0.2) is 0 Å². The lowest BCUT2D eigenvalue weighted by Gasteiger charge is -2.33. The van der Waals surface area contributed by atoms with Gasteiger partial charge in [-0.25, -0.2) is 4.90 Å². The molecule has 4 nitrogen and oxygen atoms in total. The first-order chi connectivity index (χ1) is 11.1. The molecule has 0 aromatic heterocycles. The molecule has 0 aliphatic carbocycles. The Hall–Kier alpha value is -2.62. The molecule has 4 rings (SSSR count). The molecule has 2 aromatic rings. The number of benzene rings is 2. The number of carbonyl (C=O) groups excluding carboxylic acids is 2. The molecule has 2 amide bonds. The summed E-state index contributed by atoms with van der Waals surface area (Å²) in [7, 11) is 1.98. The molecule has 0 saturated carbocycles. The van der Waals surface area contributed by atoms with Gasteiger partial charge in [-0.15, -0.1) is 0 Å². The number of fused-ring (bicyclic) bond motifs is 3. The Balaban J connectivity index is 1.84. The molecule has 0 unspecified atom stereocenters. The highest BCUT2D eigenvalue weighted by Gasteiger charge is 2.52. The van der Waals surface area contributed by atoms with Gasteiger partial charge >= 0.3 is 0 Å². The number of para-hydroxylation sites is 1. The highest BCUT2D eigenvalue weighted by molar-refractivity contribution is 6.24. The fourth-order valence-electron chi connectivity index (χ4n) is 3.76. The quantitative estimate of drug-likeness (QED) is 0.761. The predicted octanol–water partition coefficient (Wildman–Crippen LogP) is 2.72. The van der Waals surface area contributed by atoms with Crippen LogP contribution < -0.4 is 9.80 Å². The molecule has 1 fully saturated rings. The molecular weight excluding hydrogens is 288 g/mol. The minimum Gasteiger partial charge on any atom is -0.374 e. The van der Waals surface area contributed by atoms with Crippen molar-refractivity contribution in [3.63, 3.8) is 0 Å². The van der Waals surface area contributed by atoms with E-state index >= 15 is 0 Å². The molecule has 1 saturated heterocycles. The number of rotatable bonds is 1. The van der Waals surface area contributed by atoms with Crippen molar-refractivity contribution in [1.29, 1.82) is 0 Å². The highest BCUT2D eigenvalue weighted by atomic mass is 16.2. The molecule has 2 atom stereocenters. The van der Waals surface area contributed by atoms with E-state index in [0.29, 0.717) is 12.2 Å². The third kappa shape index (κ3) is 1.98. The maximum absolute atomic E-state index is 13.0. The Morgan fingerprint density at radius 3 is 2.48 bits per heavy atom. The Bertz CT molecular complexity index is 800. The minimum atomic E-state index is -0.367. The lowest BCUT2D eigenvalue weighted by molar-refractivity contribution is -0.122. The fraction of sp³-hybridized carbons (Fsp3) is 0.263. The molecule has 2 aromatic carbocycles. The number of aryl methyl sites for hydroxylation is 1. The summed E-state index contributed by atoms with van der Waals surface area (Å²) in [5.41, 5.74) is 3.79. The summed E-state index contributed by atoms with van der Waals surface area (Å²) < 4.78 is 0. The van der Waals surface area contributed by atoms with Crippen molar-refractivity contribution in [1.82, 2.24) is 0 Å². The average molecular weight is 306 g/mol. The molecule has 2 heterocycles. The highest BCUT2D eigenvalue weighted by Crippen LogP contribution is 2.45. The van der Waals surface area contributed by atoms with E-state index < -0.39 is 0 Å². The molecule has 0 radical (unpaired) electrons. The van der Waals surface area contributed by atoms with E-state index in [2.05, 4.69) is 4.90 Å². The number of imide groups is 1. The van der Waals surface area contributed by atoms with Gasteiger partial charge in [-0.1, -0.05) is 35.9 Å². The van der Waals surface area contributed by atoms with E-state index in [1.54, 1.807) is 0 Å². The molecule has 0 bridgehead atoms. The maximum Gasteiger partial charge on any atom is 0.242 e. The second-order valence-corrected chi connectivity index (χ2v) is 6.37. The van der Waals surface area contributed by atoms with Gasteiger partial charge in [-0.05, 0) is 30.7 Å². The van der Waals surface area contributed by atoms with Gasteiger partial charge in [0.1, 0.15) is 0 Å². The second kappa shape index (κ2) is 4.95. The Labute approximate surface area is 135 Å². The summed E-state index contributed by atoms with van der Waals surface area (Å²) in [5, 5.41) is 0. The van der Waals surface area contributed by atoms with Crippen LogP contribution >= 0.6 is 0 Å². The van der Waals surface area contributed by atoms with E-state index in [1.807, 2.05) is 62.5 Å². The van der Waals surface area contributed by atoms with Crippen molar-refractivity contribution in [3.05, 3.63) is 59.7 Å². The second-order valence-electron chi connectivity index (χ2n) is 6.37. The molecule has 2 aliphatic heterocycles. The smallest absolute Gasteiger partial charge is 0.242 e. The van der Waals surface area contributed by atoms with Crippen molar-refractivity contribution in [2.24, 2.45) is 5.92 Å². The van der Waals surface area contributed by atoms with Crippen molar-refractivity contribution in [3.8, 4) is 0 Å². The SMILES string of the molecule is Cc1ccc2c(c1)[C@H]1C(=O)N(c3ccccc3)C(=O)[C@H]1CN2C. The van der Waals surface area contributed by atoms with Crippen molar-refractivity contribution in [2.75, 3.05) is 23.4 Å². The summed E-state index contributed by atoms with van der Waals surface area (Å²) >= 11 is 0. The molecular formula is C19H18N2O2. The maximum atomic E-state index is 13.0. The third-order valence-corrected chi connectivity index (χ3v) is 4.84. The molecule has 116 valence electrons. The van der Waals surface area contributed by atoms with E-state index in [-0.39, 0.29) is 23.7 Å². The van der Waals surface area contributed by atoms with Gasteiger partial charge in [0.25, 0.3) is 0 Å². The number of nitrogens with zero attached hydrogens (tertiary/aromatic N) is 2. The van der Waals surface area contributed by atoms with Crippen molar-refractivity contribution in [2.45, 2.75) is 12.8 Å². The zero-order valence-corrected chi connectivity index (χ0v) is 13.2. The molecule has 0 spiro atoms. The van der Waals surface area contributed by atoms with Gasteiger partial charge in [-0.2, -0.15) is 0 Å². The zero-order valence-electron chi connectivity index (χ0n) is 13.2. The summed E-state index contributed by atoms with van der Waals surface area (Å²) in [4.78, 5) is 29.3. The van der Waals surface area contributed by atoms with Gasteiger partial charge in [0.05, 0.1) is 17.5 Å². The standard InChI is InChI=1S/C19H18N2O2/c1-12-8-9-16-14(10-12)17-15(11-20(16)2)18(22)21(19(17)23)13-6-4-3-5-7-13/h3-10,15,17H,11H2,1-2H3/t15-,17+/m0/s1. The number of hydrogen-bond donors (Lipinski definition) is 0. The predicted molar refractivity (Wildman–Crippen MR) is 89.6 cm³/mol. The summed E-state index contributed by atoms with van der Waals surface area (Å²) in [6, 6.07) is 15.3. The summed E-state index contributed by atoms with van der Waals surface area (Å²) in [5.74, 6) is -0.868. The minimum absolute atomic E-state index is 0.0924. The lowest BCUT2D eigenvalue weighted by atomic mass is 9.82. The van der Waals surface area contributed by atoms with Crippen LogP contribution in [0.1, 0.15) is 17.0 Å². The first-order valence-corrected chi connectivity index (χ1v) is 7.82. The van der Waals surface area contributed by atoms with Crippen LogP contribution in [0.3, 0.4) is 0 Å². The zero-order chi connectivity index (χ0) is 16.1. The first kappa shape index (κ1) is 14.0. The molecule has 2 aliphatic rings. The number of carbonyl (C=O) groups is 2. The van der Waals surface area contributed by atoms with Crippen LogP contribution in [0, 0.1) is 12.8 Å². The van der Waals surface area contributed by atoms with Gasteiger partial charge < -0.3 is 4.90 Å². The van der Waals surface area contributed by atoms with E-state index in [1.165, 1.54) is 4.90 Å². The number of anilines is 2. The van der Waals surface area contributed by atoms with Gasteiger partial charge in [0, 0.05) is 19.3 Å². The van der Waals surface area contributed by atoms with Crippen LogP contribution in [-0.2, 0) is 9.59 Å². The monoisotopic (exact) mass is 306 g/mol.